The number of benzene rings is 2. The number of rotatable bonds is 9. The molecule has 2 aliphatic rings. The fourth-order valence-electron chi connectivity index (χ4n) is 5.84. The molecule has 0 aromatic heterocycles. The first-order valence-corrected chi connectivity index (χ1v) is 14.5. The zero-order valence-corrected chi connectivity index (χ0v) is 27.2. The van der Waals surface area contributed by atoms with E-state index in [0.29, 0.717) is 51.5 Å². The summed E-state index contributed by atoms with van der Waals surface area (Å²) in [6, 6.07) is 6.77. The smallest absolute Gasteiger partial charge is 0.383 e. The van der Waals surface area contributed by atoms with Gasteiger partial charge in [-0.05, 0) is 74.7 Å². The largest absolute Gasteiger partial charge is 0.416 e. The van der Waals surface area contributed by atoms with Gasteiger partial charge in [-0.15, -0.1) is 24.8 Å². The lowest BCUT2D eigenvalue weighted by molar-refractivity contribution is -0.143. The highest BCUT2D eigenvalue weighted by Gasteiger charge is 2.39. The van der Waals surface area contributed by atoms with Crippen LogP contribution in [0.4, 0.5) is 26.3 Å². The first-order chi connectivity index (χ1) is 20.3. The Bertz CT molecular complexity index is 1230. The number of piperazine rings is 1. The predicted molar refractivity (Wildman–Crippen MR) is 164 cm³/mol. The Morgan fingerprint density at radius 1 is 0.889 bits per heavy atom. The Morgan fingerprint density at radius 2 is 1.56 bits per heavy atom. The van der Waals surface area contributed by atoms with Crippen molar-refractivity contribution < 1.29 is 40.6 Å². The first kappa shape index (κ1) is 39.1. The third-order valence-corrected chi connectivity index (χ3v) is 8.33. The lowest BCUT2D eigenvalue weighted by atomic mass is 9.97. The average Bonchev–Trinajstić information content (AvgIpc) is 2.95. The molecule has 4 rings (SSSR count). The molecular weight excluding hydrogens is 647 g/mol. The molecule has 254 valence electrons. The van der Waals surface area contributed by atoms with Crippen LogP contribution in [-0.2, 0) is 28.2 Å². The van der Waals surface area contributed by atoms with Crippen molar-refractivity contribution in [2.45, 2.75) is 51.1 Å². The highest BCUT2D eigenvalue weighted by atomic mass is 35.5. The van der Waals surface area contributed by atoms with E-state index in [-0.39, 0.29) is 43.5 Å². The van der Waals surface area contributed by atoms with Crippen LogP contribution < -0.4 is 0 Å². The fourth-order valence-corrected chi connectivity index (χ4v) is 5.84. The maximum Gasteiger partial charge on any atom is 0.416 e. The average molecular weight is 689 g/mol. The Kier molecular flexibility index (Phi) is 14.5. The minimum absolute atomic E-state index is 0. The molecule has 2 aliphatic heterocycles. The van der Waals surface area contributed by atoms with Crippen molar-refractivity contribution in [1.29, 1.82) is 0 Å². The zero-order valence-electron chi connectivity index (χ0n) is 25.5. The molecule has 2 aromatic carbocycles. The third kappa shape index (κ3) is 10.5. The molecule has 1 amide bonds. The SMILES string of the molecule is COC[C@@H]1COCCN1CCCN1CCN(C(=O)c2cc(C(F)(F)F)cc(C(F)(F)F)c2)[C@H](Cc2ccc(C)c(C)c2)C1.Cl.Cl. The van der Waals surface area contributed by atoms with E-state index in [0.717, 1.165) is 42.7 Å². The molecule has 0 N–H and O–H groups in total. The molecule has 45 heavy (non-hydrogen) atoms. The van der Waals surface area contributed by atoms with Crippen LogP contribution >= 0.6 is 24.8 Å². The molecule has 6 nitrogen and oxygen atoms in total. The molecule has 2 aromatic rings. The van der Waals surface area contributed by atoms with Crippen LogP contribution in [0, 0.1) is 13.8 Å². The summed E-state index contributed by atoms with van der Waals surface area (Å²) in [5.74, 6) is -0.833. The number of nitrogens with zero attached hydrogens (tertiary/aromatic N) is 3. The normalized spacial score (nSPS) is 20.0. The van der Waals surface area contributed by atoms with E-state index < -0.39 is 41.0 Å². The van der Waals surface area contributed by atoms with Crippen molar-refractivity contribution in [2.75, 3.05) is 66.2 Å². The lowest BCUT2D eigenvalue weighted by Crippen LogP contribution is -2.56. The Balaban J connectivity index is 0.00000353. The van der Waals surface area contributed by atoms with E-state index >= 15 is 0 Å². The molecule has 0 spiro atoms. The first-order valence-electron chi connectivity index (χ1n) is 14.5. The lowest BCUT2D eigenvalue weighted by Gasteiger charge is -2.42. The monoisotopic (exact) mass is 687 g/mol. The third-order valence-electron chi connectivity index (χ3n) is 8.33. The summed E-state index contributed by atoms with van der Waals surface area (Å²) in [7, 11) is 1.66. The maximum absolute atomic E-state index is 13.6. The molecule has 0 unspecified atom stereocenters. The molecule has 0 radical (unpaired) electrons. The summed E-state index contributed by atoms with van der Waals surface area (Å²) >= 11 is 0. The van der Waals surface area contributed by atoms with Crippen molar-refractivity contribution in [1.82, 2.24) is 14.7 Å². The number of morpholine rings is 1. The Morgan fingerprint density at radius 3 is 2.16 bits per heavy atom. The van der Waals surface area contributed by atoms with Crippen molar-refractivity contribution in [3.8, 4) is 0 Å². The van der Waals surface area contributed by atoms with Crippen LogP contribution in [0.25, 0.3) is 0 Å². The second kappa shape index (κ2) is 16.6. The molecule has 2 saturated heterocycles. The van der Waals surface area contributed by atoms with Gasteiger partial charge in [0, 0.05) is 44.9 Å². The van der Waals surface area contributed by atoms with E-state index in [1.54, 1.807) is 7.11 Å². The van der Waals surface area contributed by atoms with Gasteiger partial charge in [-0.2, -0.15) is 26.3 Å². The highest BCUT2D eigenvalue weighted by Crippen LogP contribution is 2.37. The van der Waals surface area contributed by atoms with Crippen LogP contribution in [0.15, 0.2) is 36.4 Å². The number of alkyl halides is 6. The minimum atomic E-state index is -5.03. The summed E-state index contributed by atoms with van der Waals surface area (Å²) in [6.07, 6.45) is -8.78. The standard InChI is InChI=1S/C31H39F6N3O3.2ClH/c1-21-5-6-23(13-22(21)2)14-27-18-38(7-4-8-39-11-12-43-20-28(39)19-42-3)9-10-40(27)29(41)24-15-25(30(32,33)34)17-26(16-24)31(35,36)37;;/h5-6,13,15-17,27-28H,4,7-12,14,18-20H2,1-3H3;2*1H/t27-,28-;;/m1../s1. The molecule has 14 heteroatoms. The minimum Gasteiger partial charge on any atom is -0.383 e. The van der Waals surface area contributed by atoms with Crippen molar-refractivity contribution in [2.24, 2.45) is 0 Å². The summed E-state index contributed by atoms with van der Waals surface area (Å²) in [6.45, 7) is 9.28. The number of amides is 1. The van der Waals surface area contributed by atoms with Gasteiger partial charge in [0.2, 0.25) is 0 Å². The van der Waals surface area contributed by atoms with E-state index in [1.165, 1.54) is 4.90 Å². The van der Waals surface area contributed by atoms with Crippen LogP contribution in [0.5, 0.6) is 0 Å². The van der Waals surface area contributed by atoms with Crippen molar-refractivity contribution in [3.63, 3.8) is 0 Å². The summed E-state index contributed by atoms with van der Waals surface area (Å²) < 4.78 is 92.1. The van der Waals surface area contributed by atoms with Gasteiger partial charge in [0.1, 0.15) is 0 Å². The Labute approximate surface area is 272 Å². The van der Waals surface area contributed by atoms with Crippen LogP contribution in [0.3, 0.4) is 0 Å². The number of hydrogen-bond acceptors (Lipinski definition) is 5. The number of methoxy groups -OCH3 is 1. The van der Waals surface area contributed by atoms with Crippen LogP contribution in [0.1, 0.15) is 44.6 Å². The second-order valence-corrected chi connectivity index (χ2v) is 11.4. The maximum atomic E-state index is 13.6. The van der Waals surface area contributed by atoms with Gasteiger partial charge >= 0.3 is 12.4 Å². The topological polar surface area (TPSA) is 45.3 Å². The fraction of sp³-hybridized carbons (Fsp3) is 0.581. The Hall–Kier alpha value is -2.09. The second-order valence-electron chi connectivity index (χ2n) is 11.4. The quantitative estimate of drug-likeness (QED) is 0.290. The van der Waals surface area contributed by atoms with Gasteiger partial charge in [0.05, 0.1) is 37.0 Å². The van der Waals surface area contributed by atoms with E-state index in [4.69, 9.17) is 9.47 Å². The van der Waals surface area contributed by atoms with Gasteiger partial charge < -0.3 is 14.4 Å². The van der Waals surface area contributed by atoms with Gasteiger partial charge in [-0.3, -0.25) is 14.6 Å². The van der Waals surface area contributed by atoms with E-state index in [1.807, 2.05) is 32.0 Å². The van der Waals surface area contributed by atoms with Crippen molar-refractivity contribution >= 4 is 30.7 Å². The van der Waals surface area contributed by atoms with Crippen LogP contribution in [-0.4, -0.2) is 98.9 Å². The summed E-state index contributed by atoms with van der Waals surface area (Å²) in [5, 5.41) is 0. The number of hydrogen-bond donors (Lipinski definition) is 0. The van der Waals surface area contributed by atoms with Crippen molar-refractivity contribution in [3.05, 3.63) is 69.8 Å². The number of carbonyl (C=O) groups excluding carboxylic acids is 1. The number of ether oxygens (including phenoxy) is 2. The van der Waals surface area contributed by atoms with Gasteiger partial charge in [0.15, 0.2) is 0 Å². The van der Waals surface area contributed by atoms with E-state index in [2.05, 4.69) is 9.80 Å². The molecule has 0 aliphatic carbocycles. The van der Waals surface area contributed by atoms with Gasteiger partial charge in [0.25, 0.3) is 5.91 Å². The van der Waals surface area contributed by atoms with Crippen LogP contribution in [0.2, 0.25) is 0 Å². The van der Waals surface area contributed by atoms with Gasteiger partial charge in [-0.1, -0.05) is 18.2 Å². The predicted octanol–water partition coefficient (Wildman–Crippen LogP) is 6.29. The summed E-state index contributed by atoms with van der Waals surface area (Å²) in [4.78, 5) is 19.6. The van der Waals surface area contributed by atoms with Gasteiger partial charge in [-0.25, -0.2) is 0 Å². The molecule has 0 bridgehead atoms. The summed E-state index contributed by atoms with van der Waals surface area (Å²) in [5.41, 5.74) is -0.497. The molecule has 2 heterocycles. The zero-order chi connectivity index (χ0) is 31.4. The molecule has 2 fully saturated rings. The van der Waals surface area contributed by atoms with E-state index in [9.17, 15) is 31.1 Å². The highest BCUT2D eigenvalue weighted by molar-refractivity contribution is 5.95. The molecule has 2 atom stereocenters. The molecular formula is C31H41Cl2F6N3O3. The number of carbonyl (C=O) groups is 1. The molecule has 0 saturated carbocycles. The number of aryl methyl sites for hydroxylation is 2. The number of halogens is 8.